The first-order valence-corrected chi connectivity index (χ1v) is 4.32. The molecule has 1 heterocycles. The van der Waals surface area contributed by atoms with Gasteiger partial charge in [-0.1, -0.05) is 12.1 Å². The van der Waals surface area contributed by atoms with Gasteiger partial charge >= 0.3 is 0 Å². The molecule has 0 aromatic heterocycles. The van der Waals surface area contributed by atoms with Gasteiger partial charge in [0, 0.05) is 0 Å². The quantitative estimate of drug-likeness (QED) is 0.701. The van der Waals surface area contributed by atoms with E-state index >= 15 is 0 Å². The molecular formula is C10H12O3. The van der Waals surface area contributed by atoms with Crippen molar-refractivity contribution in [3.8, 4) is 5.75 Å². The van der Waals surface area contributed by atoms with Crippen LogP contribution >= 0.6 is 0 Å². The molecule has 2 rings (SSSR count). The minimum Gasteiger partial charge on any atom is -0.491 e. The first kappa shape index (κ1) is 8.53. The lowest BCUT2D eigenvalue weighted by molar-refractivity contribution is 0.262. The van der Waals surface area contributed by atoms with Gasteiger partial charge in [0.05, 0.1) is 13.2 Å². The standard InChI is InChI=1S/C10H12O3/c11-5-8-1-3-9(4-2-8)12-6-10-7-13-10/h1-4,10-11H,5-7H2/t10-/m0/s1. The summed E-state index contributed by atoms with van der Waals surface area (Å²) in [6, 6.07) is 7.41. The molecule has 1 fully saturated rings. The van der Waals surface area contributed by atoms with Crippen molar-refractivity contribution in [2.24, 2.45) is 0 Å². The zero-order valence-corrected chi connectivity index (χ0v) is 7.27. The molecule has 13 heavy (non-hydrogen) atoms. The van der Waals surface area contributed by atoms with Gasteiger partial charge in [0.25, 0.3) is 0 Å². The van der Waals surface area contributed by atoms with Gasteiger partial charge in [-0.3, -0.25) is 0 Å². The van der Waals surface area contributed by atoms with E-state index in [1.807, 2.05) is 24.3 Å². The summed E-state index contributed by atoms with van der Waals surface area (Å²) in [6.07, 6.45) is 0.289. The Bertz CT molecular complexity index is 264. The van der Waals surface area contributed by atoms with Gasteiger partial charge in [0.2, 0.25) is 0 Å². The predicted molar refractivity (Wildman–Crippen MR) is 47.6 cm³/mol. The number of epoxide rings is 1. The van der Waals surface area contributed by atoms with Crippen LogP contribution in [0.3, 0.4) is 0 Å². The summed E-state index contributed by atoms with van der Waals surface area (Å²) in [5.41, 5.74) is 0.898. The second kappa shape index (κ2) is 3.77. The van der Waals surface area contributed by atoms with Crippen molar-refractivity contribution in [1.29, 1.82) is 0 Å². The van der Waals surface area contributed by atoms with Crippen LogP contribution in [-0.2, 0) is 11.3 Å². The Kier molecular flexibility index (Phi) is 2.47. The number of rotatable bonds is 4. The van der Waals surface area contributed by atoms with Crippen molar-refractivity contribution in [2.45, 2.75) is 12.7 Å². The molecule has 1 N–H and O–H groups in total. The lowest BCUT2D eigenvalue weighted by atomic mass is 10.2. The maximum absolute atomic E-state index is 8.80. The van der Waals surface area contributed by atoms with Crippen molar-refractivity contribution < 1.29 is 14.6 Å². The van der Waals surface area contributed by atoms with E-state index in [1.165, 1.54) is 0 Å². The minimum atomic E-state index is 0.0754. The fourth-order valence-electron chi connectivity index (χ4n) is 1.04. The minimum absolute atomic E-state index is 0.0754. The number of benzene rings is 1. The van der Waals surface area contributed by atoms with Gasteiger partial charge in [-0.25, -0.2) is 0 Å². The van der Waals surface area contributed by atoms with Crippen LogP contribution < -0.4 is 4.74 Å². The number of ether oxygens (including phenoxy) is 2. The largest absolute Gasteiger partial charge is 0.491 e. The smallest absolute Gasteiger partial charge is 0.119 e. The topological polar surface area (TPSA) is 42.0 Å². The van der Waals surface area contributed by atoms with Gasteiger partial charge in [0.1, 0.15) is 18.5 Å². The Balaban J connectivity index is 1.88. The van der Waals surface area contributed by atoms with E-state index in [-0.39, 0.29) is 12.7 Å². The van der Waals surface area contributed by atoms with Gasteiger partial charge in [-0.15, -0.1) is 0 Å². The van der Waals surface area contributed by atoms with Crippen LogP contribution in [0.15, 0.2) is 24.3 Å². The summed E-state index contributed by atoms with van der Waals surface area (Å²) in [6.45, 7) is 1.51. The zero-order valence-electron chi connectivity index (χ0n) is 7.27. The molecule has 1 aliphatic rings. The molecule has 3 nitrogen and oxygen atoms in total. The average molecular weight is 180 g/mol. The third kappa shape index (κ3) is 2.44. The number of hydrogen-bond donors (Lipinski definition) is 1. The maximum Gasteiger partial charge on any atom is 0.119 e. The first-order chi connectivity index (χ1) is 6.38. The molecule has 1 aromatic carbocycles. The highest BCUT2D eigenvalue weighted by molar-refractivity contribution is 5.26. The molecular weight excluding hydrogens is 168 g/mol. The third-order valence-corrected chi connectivity index (χ3v) is 1.94. The lowest BCUT2D eigenvalue weighted by Gasteiger charge is -2.03. The van der Waals surface area contributed by atoms with Crippen molar-refractivity contribution in [3.05, 3.63) is 29.8 Å². The fraction of sp³-hybridized carbons (Fsp3) is 0.400. The van der Waals surface area contributed by atoms with Gasteiger partial charge in [0.15, 0.2) is 0 Å². The molecule has 1 saturated heterocycles. The van der Waals surface area contributed by atoms with Crippen LogP contribution in [0.2, 0.25) is 0 Å². The highest BCUT2D eigenvalue weighted by Crippen LogP contribution is 2.15. The van der Waals surface area contributed by atoms with Crippen LogP contribution in [-0.4, -0.2) is 24.4 Å². The SMILES string of the molecule is OCc1ccc(OC[C@H]2CO2)cc1. The Morgan fingerprint density at radius 1 is 1.38 bits per heavy atom. The summed E-state index contributed by atoms with van der Waals surface area (Å²) in [5, 5.41) is 8.80. The summed E-state index contributed by atoms with van der Waals surface area (Å²) in [7, 11) is 0. The Morgan fingerprint density at radius 2 is 2.08 bits per heavy atom. The van der Waals surface area contributed by atoms with E-state index in [9.17, 15) is 0 Å². The van der Waals surface area contributed by atoms with Crippen LogP contribution in [0.25, 0.3) is 0 Å². The first-order valence-electron chi connectivity index (χ1n) is 4.32. The Morgan fingerprint density at radius 3 is 2.62 bits per heavy atom. The van der Waals surface area contributed by atoms with Crippen LogP contribution in [0.1, 0.15) is 5.56 Å². The zero-order chi connectivity index (χ0) is 9.10. The highest BCUT2D eigenvalue weighted by atomic mass is 16.6. The van der Waals surface area contributed by atoms with Crippen LogP contribution in [0.5, 0.6) is 5.75 Å². The molecule has 1 aromatic rings. The molecule has 70 valence electrons. The molecule has 3 heteroatoms. The molecule has 1 aliphatic heterocycles. The van der Waals surface area contributed by atoms with Crippen LogP contribution in [0, 0.1) is 0 Å². The summed E-state index contributed by atoms with van der Waals surface area (Å²) in [4.78, 5) is 0. The van der Waals surface area contributed by atoms with E-state index in [4.69, 9.17) is 14.6 Å². The summed E-state index contributed by atoms with van der Waals surface area (Å²) in [5.74, 6) is 0.827. The van der Waals surface area contributed by atoms with E-state index in [1.54, 1.807) is 0 Å². The van der Waals surface area contributed by atoms with Crippen molar-refractivity contribution in [2.75, 3.05) is 13.2 Å². The molecule has 0 saturated carbocycles. The van der Waals surface area contributed by atoms with E-state index in [0.29, 0.717) is 6.61 Å². The summed E-state index contributed by atoms with van der Waals surface area (Å²) < 4.78 is 10.4. The van der Waals surface area contributed by atoms with E-state index in [0.717, 1.165) is 17.9 Å². The number of aliphatic hydroxyl groups excluding tert-OH is 1. The van der Waals surface area contributed by atoms with Gasteiger partial charge in [-0.2, -0.15) is 0 Å². The fourth-order valence-corrected chi connectivity index (χ4v) is 1.04. The predicted octanol–water partition coefficient (Wildman–Crippen LogP) is 0.957. The molecule has 0 radical (unpaired) electrons. The monoisotopic (exact) mass is 180 g/mol. The average Bonchev–Trinajstić information content (AvgIpc) is 2.99. The Labute approximate surface area is 76.9 Å². The number of hydrogen-bond acceptors (Lipinski definition) is 3. The molecule has 0 spiro atoms. The van der Waals surface area contributed by atoms with Crippen molar-refractivity contribution in [1.82, 2.24) is 0 Å². The van der Waals surface area contributed by atoms with E-state index in [2.05, 4.69) is 0 Å². The van der Waals surface area contributed by atoms with Gasteiger partial charge in [-0.05, 0) is 17.7 Å². The van der Waals surface area contributed by atoms with Crippen molar-refractivity contribution >= 4 is 0 Å². The lowest BCUT2D eigenvalue weighted by Crippen LogP contribution is -2.03. The maximum atomic E-state index is 8.80. The van der Waals surface area contributed by atoms with E-state index < -0.39 is 0 Å². The molecule has 0 amide bonds. The normalized spacial score (nSPS) is 19.9. The van der Waals surface area contributed by atoms with Gasteiger partial charge < -0.3 is 14.6 Å². The molecule has 0 aliphatic carbocycles. The second-order valence-electron chi connectivity index (χ2n) is 3.07. The molecule has 0 bridgehead atoms. The molecule has 1 atom stereocenters. The highest BCUT2D eigenvalue weighted by Gasteiger charge is 2.22. The third-order valence-electron chi connectivity index (χ3n) is 1.94. The van der Waals surface area contributed by atoms with Crippen molar-refractivity contribution in [3.63, 3.8) is 0 Å². The number of aliphatic hydroxyl groups is 1. The second-order valence-corrected chi connectivity index (χ2v) is 3.07. The Hall–Kier alpha value is -1.06. The molecule has 0 unspecified atom stereocenters. The summed E-state index contributed by atoms with van der Waals surface area (Å²) >= 11 is 0. The van der Waals surface area contributed by atoms with Crippen LogP contribution in [0.4, 0.5) is 0 Å².